The molecule has 0 aliphatic rings. The molecule has 1 aromatic heterocycles. The second-order valence-corrected chi connectivity index (χ2v) is 5.03. The van der Waals surface area contributed by atoms with E-state index in [-0.39, 0.29) is 0 Å². The summed E-state index contributed by atoms with van der Waals surface area (Å²) in [6.07, 6.45) is 7.84. The van der Waals surface area contributed by atoms with Gasteiger partial charge in [0.05, 0.1) is 17.0 Å². The lowest BCUT2D eigenvalue weighted by Crippen LogP contribution is -2.05. The van der Waals surface area contributed by atoms with Crippen LogP contribution in [0.5, 0.6) is 0 Å². The van der Waals surface area contributed by atoms with Gasteiger partial charge in [-0.25, -0.2) is 4.98 Å². The van der Waals surface area contributed by atoms with Crippen LogP contribution in [0.1, 0.15) is 18.4 Å². The van der Waals surface area contributed by atoms with E-state index in [1.807, 2.05) is 31.6 Å². The summed E-state index contributed by atoms with van der Waals surface area (Å²) in [5, 5.41) is 4.00. The second-order valence-electron chi connectivity index (χ2n) is 4.62. The molecule has 0 aliphatic carbocycles. The summed E-state index contributed by atoms with van der Waals surface area (Å²) in [4.78, 5) is 4.02. The van der Waals surface area contributed by atoms with Crippen LogP contribution in [0.3, 0.4) is 0 Å². The fourth-order valence-electron chi connectivity index (χ4n) is 1.96. The van der Waals surface area contributed by atoms with Crippen molar-refractivity contribution in [3.05, 3.63) is 41.4 Å². The molecule has 0 saturated carbocycles. The van der Waals surface area contributed by atoms with Gasteiger partial charge >= 0.3 is 0 Å². The number of nitrogens with zero attached hydrogens (tertiary/aromatic N) is 2. The molecule has 4 nitrogen and oxygen atoms in total. The van der Waals surface area contributed by atoms with Gasteiger partial charge in [0.25, 0.3) is 0 Å². The molecule has 1 heterocycles. The number of nitrogens with two attached hydrogens (primary N) is 1. The number of aryl methyl sites for hydroxylation is 2. The normalized spacial score (nSPS) is 10.6. The molecule has 2 aromatic rings. The largest absolute Gasteiger partial charge is 0.398 e. The van der Waals surface area contributed by atoms with Crippen LogP contribution in [0, 0.1) is 6.92 Å². The maximum absolute atomic E-state index is 6.02. The number of hydrogen-bond acceptors (Lipinski definition) is 3. The molecule has 0 aliphatic heterocycles. The Morgan fingerprint density at radius 2 is 2.21 bits per heavy atom. The third-order valence-electron chi connectivity index (χ3n) is 3.06. The minimum absolute atomic E-state index is 0.603. The van der Waals surface area contributed by atoms with E-state index in [0.717, 1.165) is 37.2 Å². The van der Waals surface area contributed by atoms with Crippen LogP contribution >= 0.6 is 11.6 Å². The second kappa shape index (κ2) is 6.48. The average Bonchev–Trinajstić information content (AvgIpc) is 2.88. The van der Waals surface area contributed by atoms with Gasteiger partial charge in [0, 0.05) is 31.2 Å². The maximum Gasteiger partial charge on any atom is 0.0945 e. The first kappa shape index (κ1) is 13.7. The van der Waals surface area contributed by atoms with E-state index in [2.05, 4.69) is 14.9 Å². The molecule has 0 unspecified atom stereocenters. The molecule has 0 saturated heterocycles. The molecule has 0 atom stereocenters. The SMILES string of the molecule is Cc1cc(N)c(Cl)cc1NCCCCn1ccnc1. The predicted molar refractivity (Wildman–Crippen MR) is 80.6 cm³/mol. The number of benzene rings is 1. The summed E-state index contributed by atoms with van der Waals surface area (Å²) in [7, 11) is 0. The van der Waals surface area contributed by atoms with Gasteiger partial charge in [0.15, 0.2) is 0 Å². The third-order valence-corrected chi connectivity index (χ3v) is 3.39. The lowest BCUT2D eigenvalue weighted by atomic mass is 10.1. The van der Waals surface area contributed by atoms with Crippen molar-refractivity contribution in [2.45, 2.75) is 26.3 Å². The Bertz CT molecular complexity index is 522. The van der Waals surface area contributed by atoms with Crippen LogP contribution in [0.2, 0.25) is 5.02 Å². The highest BCUT2D eigenvalue weighted by atomic mass is 35.5. The van der Waals surface area contributed by atoms with E-state index >= 15 is 0 Å². The van der Waals surface area contributed by atoms with E-state index in [9.17, 15) is 0 Å². The molecule has 0 spiro atoms. The Labute approximate surface area is 118 Å². The first-order valence-corrected chi connectivity index (χ1v) is 6.80. The fraction of sp³-hybridized carbons (Fsp3) is 0.357. The number of halogens is 1. The van der Waals surface area contributed by atoms with Gasteiger partial charge in [-0.2, -0.15) is 0 Å². The molecular formula is C14H19ClN4. The Hall–Kier alpha value is -1.68. The topological polar surface area (TPSA) is 55.9 Å². The minimum Gasteiger partial charge on any atom is -0.398 e. The van der Waals surface area contributed by atoms with Crippen molar-refractivity contribution in [1.29, 1.82) is 0 Å². The van der Waals surface area contributed by atoms with Crippen LogP contribution < -0.4 is 11.1 Å². The number of nitrogen functional groups attached to an aromatic ring is 1. The molecular weight excluding hydrogens is 260 g/mol. The quantitative estimate of drug-likeness (QED) is 0.629. The van der Waals surface area contributed by atoms with Gasteiger partial charge in [0.2, 0.25) is 0 Å². The van der Waals surface area contributed by atoms with Crippen molar-refractivity contribution < 1.29 is 0 Å². The maximum atomic E-state index is 6.02. The molecule has 102 valence electrons. The fourth-order valence-corrected chi connectivity index (χ4v) is 2.12. The van der Waals surface area contributed by atoms with Crippen molar-refractivity contribution in [2.24, 2.45) is 0 Å². The van der Waals surface area contributed by atoms with Crippen molar-refractivity contribution in [1.82, 2.24) is 9.55 Å². The Balaban J connectivity index is 1.75. The van der Waals surface area contributed by atoms with Crippen LogP contribution in [0.25, 0.3) is 0 Å². The summed E-state index contributed by atoms with van der Waals surface area (Å²) < 4.78 is 2.09. The summed E-state index contributed by atoms with van der Waals surface area (Å²) in [5.74, 6) is 0. The zero-order valence-corrected chi connectivity index (χ0v) is 11.8. The molecule has 2 rings (SSSR count). The first-order valence-electron chi connectivity index (χ1n) is 6.42. The highest BCUT2D eigenvalue weighted by molar-refractivity contribution is 6.33. The van der Waals surface area contributed by atoms with Gasteiger partial charge in [0.1, 0.15) is 0 Å². The lowest BCUT2D eigenvalue weighted by molar-refractivity contribution is 0.621. The monoisotopic (exact) mass is 278 g/mol. The highest BCUT2D eigenvalue weighted by Gasteiger charge is 2.02. The molecule has 0 radical (unpaired) electrons. The van der Waals surface area contributed by atoms with E-state index in [1.54, 1.807) is 6.20 Å². The molecule has 0 amide bonds. The molecule has 5 heteroatoms. The molecule has 0 bridgehead atoms. The van der Waals surface area contributed by atoms with E-state index < -0.39 is 0 Å². The summed E-state index contributed by atoms with van der Waals surface area (Å²) >= 11 is 6.02. The van der Waals surface area contributed by atoms with E-state index in [1.165, 1.54) is 0 Å². The molecule has 0 fully saturated rings. The van der Waals surface area contributed by atoms with Gasteiger partial charge < -0.3 is 15.6 Å². The highest BCUT2D eigenvalue weighted by Crippen LogP contribution is 2.26. The van der Waals surface area contributed by atoms with E-state index in [0.29, 0.717) is 10.7 Å². The van der Waals surface area contributed by atoms with Crippen molar-refractivity contribution in [3.8, 4) is 0 Å². The van der Waals surface area contributed by atoms with Crippen LogP contribution in [-0.2, 0) is 6.54 Å². The number of imidazole rings is 1. The predicted octanol–water partition coefficient (Wildman–Crippen LogP) is 3.32. The van der Waals surface area contributed by atoms with Crippen LogP contribution in [-0.4, -0.2) is 16.1 Å². The number of anilines is 2. The standard InChI is InChI=1S/C14H19ClN4/c1-11-8-13(16)12(15)9-14(11)18-4-2-3-6-19-7-5-17-10-19/h5,7-10,18H,2-4,6,16H2,1H3. The zero-order chi connectivity index (χ0) is 13.7. The van der Waals surface area contributed by atoms with Crippen LogP contribution in [0.4, 0.5) is 11.4 Å². The Kier molecular flexibility index (Phi) is 4.68. The zero-order valence-electron chi connectivity index (χ0n) is 11.1. The number of aromatic nitrogens is 2. The van der Waals surface area contributed by atoms with Gasteiger partial charge in [-0.05, 0) is 37.5 Å². The minimum atomic E-state index is 0.603. The van der Waals surface area contributed by atoms with Crippen LogP contribution in [0.15, 0.2) is 30.9 Å². The van der Waals surface area contributed by atoms with Gasteiger partial charge in [-0.1, -0.05) is 11.6 Å². The Morgan fingerprint density at radius 3 is 2.95 bits per heavy atom. The number of rotatable bonds is 6. The summed E-state index contributed by atoms with van der Waals surface area (Å²) in [6.45, 7) is 3.96. The summed E-state index contributed by atoms with van der Waals surface area (Å²) in [6, 6.07) is 3.79. The van der Waals surface area contributed by atoms with Gasteiger partial charge in [-0.15, -0.1) is 0 Å². The number of hydrogen-bond donors (Lipinski definition) is 2. The van der Waals surface area contributed by atoms with Crippen molar-refractivity contribution in [3.63, 3.8) is 0 Å². The van der Waals surface area contributed by atoms with Gasteiger partial charge in [-0.3, -0.25) is 0 Å². The number of nitrogens with one attached hydrogen (secondary N) is 1. The average molecular weight is 279 g/mol. The smallest absolute Gasteiger partial charge is 0.0945 e. The molecule has 3 N–H and O–H groups in total. The lowest BCUT2D eigenvalue weighted by Gasteiger charge is -2.11. The van der Waals surface area contributed by atoms with Crippen molar-refractivity contribution >= 4 is 23.0 Å². The van der Waals surface area contributed by atoms with Crippen molar-refractivity contribution in [2.75, 3.05) is 17.6 Å². The number of unbranched alkanes of at least 4 members (excludes halogenated alkanes) is 1. The third kappa shape index (κ3) is 3.89. The summed E-state index contributed by atoms with van der Waals surface area (Å²) in [5.41, 5.74) is 8.56. The Morgan fingerprint density at radius 1 is 1.37 bits per heavy atom. The first-order chi connectivity index (χ1) is 9.16. The molecule has 1 aromatic carbocycles. The van der Waals surface area contributed by atoms with E-state index in [4.69, 9.17) is 17.3 Å². The molecule has 19 heavy (non-hydrogen) atoms.